The molecule has 0 aliphatic rings. The summed E-state index contributed by atoms with van der Waals surface area (Å²) >= 11 is 0. The Hall–Kier alpha value is -3.75. The molecule has 9 heteroatoms. The number of nitrogens with one attached hydrogen (secondary N) is 1. The molecule has 3 heterocycles. The maximum absolute atomic E-state index is 13.4. The molecule has 5 nitrogen and oxygen atoms in total. The van der Waals surface area contributed by atoms with E-state index in [1.165, 1.54) is 22.7 Å². The van der Waals surface area contributed by atoms with Crippen molar-refractivity contribution in [3.8, 4) is 22.4 Å². The Morgan fingerprint density at radius 3 is 2.41 bits per heavy atom. The Kier molecular flexibility index (Phi) is 3.67. The van der Waals surface area contributed by atoms with Crippen molar-refractivity contribution >= 4 is 16.6 Å². The van der Waals surface area contributed by atoms with Crippen LogP contribution >= 0.6 is 0 Å². The number of benzene rings is 2. The molecule has 0 aliphatic carbocycles. The average molecular weight is 397 g/mol. The maximum Gasteiger partial charge on any atom is 0.453 e. The highest BCUT2D eigenvalue weighted by molar-refractivity contribution is 5.89. The number of nitrogens with zero attached hydrogens (tertiary/aromatic N) is 4. The first kappa shape index (κ1) is 17.4. The van der Waals surface area contributed by atoms with Gasteiger partial charge in [-0.1, -0.05) is 18.2 Å². The molecular weight excluding hydrogens is 386 g/mol. The van der Waals surface area contributed by atoms with Gasteiger partial charge >= 0.3 is 6.18 Å². The van der Waals surface area contributed by atoms with Gasteiger partial charge in [0.05, 0.1) is 17.4 Å². The minimum Gasteiger partial charge on any atom is -0.278 e. The van der Waals surface area contributed by atoms with E-state index in [0.29, 0.717) is 22.4 Å². The van der Waals surface area contributed by atoms with Gasteiger partial charge in [0.15, 0.2) is 5.65 Å². The predicted molar refractivity (Wildman–Crippen MR) is 98.5 cm³/mol. The molecule has 3 aromatic heterocycles. The van der Waals surface area contributed by atoms with Gasteiger partial charge in [0.2, 0.25) is 0 Å². The van der Waals surface area contributed by atoms with Crippen LogP contribution in [0.5, 0.6) is 0 Å². The number of hydrogen-bond acceptors (Lipinski definition) is 3. The van der Waals surface area contributed by atoms with Crippen molar-refractivity contribution in [2.75, 3.05) is 0 Å². The maximum atomic E-state index is 13.4. The fraction of sp³-hybridized carbons (Fsp3) is 0.0500. The Bertz CT molecular complexity index is 1350. The van der Waals surface area contributed by atoms with Crippen LogP contribution in [0.3, 0.4) is 0 Å². The third-order valence-electron chi connectivity index (χ3n) is 4.62. The lowest BCUT2D eigenvalue weighted by molar-refractivity contribution is -0.144. The van der Waals surface area contributed by atoms with Gasteiger partial charge < -0.3 is 0 Å². The third kappa shape index (κ3) is 2.91. The van der Waals surface area contributed by atoms with Gasteiger partial charge in [0.25, 0.3) is 5.82 Å². The van der Waals surface area contributed by atoms with Crippen LogP contribution in [0.2, 0.25) is 0 Å². The number of fused-ring (bicyclic) bond motifs is 2. The molecule has 0 unspecified atom stereocenters. The molecule has 0 radical (unpaired) electrons. The largest absolute Gasteiger partial charge is 0.453 e. The number of H-pyrrole nitrogens is 1. The van der Waals surface area contributed by atoms with Crippen molar-refractivity contribution in [3.63, 3.8) is 0 Å². The van der Waals surface area contributed by atoms with E-state index in [9.17, 15) is 17.6 Å². The summed E-state index contributed by atoms with van der Waals surface area (Å²) in [6.45, 7) is 0. The number of halogens is 4. The molecule has 0 atom stereocenters. The van der Waals surface area contributed by atoms with Crippen LogP contribution in [0.15, 0.2) is 60.8 Å². The summed E-state index contributed by atoms with van der Waals surface area (Å²) in [6.07, 6.45) is -3.05. The first-order valence-electron chi connectivity index (χ1n) is 8.56. The molecular formula is C20H11F4N5. The van der Waals surface area contributed by atoms with Gasteiger partial charge in [-0.3, -0.25) is 5.10 Å². The van der Waals surface area contributed by atoms with Crippen molar-refractivity contribution in [2.24, 2.45) is 0 Å². The van der Waals surface area contributed by atoms with E-state index in [4.69, 9.17) is 0 Å². The molecule has 2 aromatic carbocycles. The van der Waals surface area contributed by atoms with E-state index < -0.39 is 17.8 Å². The second kappa shape index (κ2) is 6.13. The summed E-state index contributed by atoms with van der Waals surface area (Å²) in [4.78, 5) is 3.62. The second-order valence-corrected chi connectivity index (χ2v) is 6.48. The Labute approximate surface area is 160 Å². The fourth-order valence-corrected chi connectivity index (χ4v) is 3.30. The van der Waals surface area contributed by atoms with Crippen LogP contribution < -0.4 is 0 Å². The minimum atomic E-state index is -4.67. The zero-order valence-corrected chi connectivity index (χ0v) is 14.6. The van der Waals surface area contributed by atoms with E-state index in [1.807, 2.05) is 0 Å². The van der Waals surface area contributed by atoms with E-state index >= 15 is 0 Å². The fourth-order valence-electron chi connectivity index (χ4n) is 3.30. The summed E-state index contributed by atoms with van der Waals surface area (Å²) in [6, 6.07) is 14.2. The number of alkyl halides is 3. The molecule has 5 aromatic rings. The highest BCUT2D eigenvalue weighted by atomic mass is 19.4. The van der Waals surface area contributed by atoms with E-state index in [2.05, 4.69) is 20.3 Å². The number of pyridine rings is 1. The number of aromatic amines is 1. The predicted octanol–water partition coefficient (Wildman–Crippen LogP) is 5.10. The first-order chi connectivity index (χ1) is 13.9. The van der Waals surface area contributed by atoms with Crippen LogP contribution in [-0.4, -0.2) is 24.8 Å². The SMILES string of the molecule is Fc1ccc(-c2ccc3nc(C(F)(F)F)nn3c2-c2ccc3[nH]ncc3c2)cc1. The first-order valence-corrected chi connectivity index (χ1v) is 8.56. The zero-order valence-electron chi connectivity index (χ0n) is 14.6. The van der Waals surface area contributed by atoms with Crippen molar-refractivity contribution in [1.82, 2.24) is 24.8 Å². The quantitative estimate of drug-likeness (QED) is 0.422. The number of rotatable bonds is 2. The van der Waals surface area contributed by atoms with Gasteiger partial charge in [-0.15, -0.1) is 5.10 Å². The lowest BCUT2D eigenvalue weighted by Gasteiger charge is -2.12. The minimum absolute atomic E-state index is 0.0606. The zero-order chi connectivity index (χ0) is 20.2. The molecule has 0 amide bonds. The van der Waals surface area contributed by atoms with Crippen molar-refractivity contribution in [3.05, 3.63) is 72.4 Å². The number of aromatic nitrogens is 5. The number of hydrogen-bond donors (Lipinski definition) is 1. The lowest BCUT2D eigenvalue weighted by atomic mass is 9.98. The molecule has 29 heavy (non-hydrogen) atoms. The van der Waals surface area contributed by atoms with E-state index in [1.54, 1.807) is 42.6 Å². The Morgan fingerprint density at radius 1 is 0.897 bits per heavy atom. The van der Waals surface area contributed by atoms with E-state index in [0.717, 1.165) is 10.9 Å². The van der Waals surface area contributed by atoms with Gasteiger partial charge in [-0.05, 0) is 42.0 Å². The topological polar surface area (TPSA) is 58.9 Å². The highest BCUT2D eigenvalue weighted by Gasteiger charge is 2.36. The molecule has 5 rings (SSSR count). The molecule has 144 valence electrons. The molecule has 0 saturated heterocycles. The lowest BCUT2D eigenvalue weighted by Crippen LogP contribution is -2.08. The van der Waals surface area contributed by atoms with Crippen LogP contribution in [0.1, 0.15) is 5.82 Å². The van der Waals surface area contributed by atoms with Crippen LogP contribution in [0.25, 0.3) is 38.9 Å². The monoisotopic (exact) mass is 397 g/mol. The summed E-state index contributed by atoms with van der Waals surface area (Å²) < 4.78 is 54.2. The van der Waals surface area contributed by atoms with Gasteiger partial charge in [-0.25, -0.2) is 13.9 Å². The van der Waals surface area contributed by atoms with Gasteiger partial charge in [-0.2, -0.15) is 18.3 Å². The van der Waals surface area contributed by atoms with Crippen LogP contribution in [0.4, 0.5) is 17.6 Å². The van der Waals surface area contributed by atoms with Crippen molar-refractivity contribution in [2.45, 2.75) is 6.18 Å². The Morgan fingerprint density at radius 2 is 1.66 bits per heavy atom. The highest BCUT2D eigenvalue weighted by Crippen LogP contribution is 2.35. The van der Waals surface area contributed by atoms with Crippen LogP contribution in [-0.2, 0) is 6.18 Å². The molecule has 0 aliphatic heterocycles. The van der Waals surface area contributed by atoms with Gasteiger partial charge in [0, 0.05) is 16.5 Å². The summed E-state index contributed by atoms with van der Waals surface area (Å²) in [7, 11) is 0. The molecule has 0 bridgehead atoms. The van der Waals surface area contributed by atoms with E-state index in [-0.39, 0.29) is 5.65 Å². The average Bonchev–Trinajstić information content (AvgIpc) is 3.33. The summed E-state index contributed by atoms with van der Waals surface area (Å²) in [5.74, 6) is -1.63. The molecule has 1 N–H and O–H groups in total. The Balaban J connectivity index is 1.84. The van der Waals surface area contributed by atoms with Gasteiger partial charge in [0.1, 0.15) is 5.82 Å². The summed E-state index contributed by atoms with van der Waals surface area (Å²) in [5.41, 5.74) is 3.13. The molecule has 0 saturated carbocycles. The second-order valence-electron chi connectivity index (χ2n) is 6.48. The van der Waals surface area contributed by atoms with Crippen molar-refractivity contribution in [1.29, 1.82) is 0 Å². The standard InChI is InChI=1S/C20H11F4N5/c21-14-4-1-11(2-5-14)15-6-8-17-26-19(20(22,23)24)28-29(17)18(15)12-3-7-16-13(9-12)10-25-27-16/h1-10H,(H,25,27). The van der Waals surface area contributed by atoms with Crippen LogP contribution in [0, 0.1) is 5.82 Å². The summed E-state index contributed by atoms with van der Waals surface area (Å²) in [5, 5.41) is 11.3. The third-order valence-corrected chi connectivity index (χ3v) is 4.62. The molecule has 0 spiro atoms. The normalized spacial score (nSPS) is 12.1. The molecule has 0 fully saturated rings. The van der Waals surface area contributed by atoms with Crippen molar-refractivity contribution < 1.29 is 17.6 Å². The smallest absolute Gasteiger partial charge is 0.278 e.